The Morgan fingerprint density at radius 1 is 1.13 bits per heavy atom. The van der Waals surface area contributed by atoms with Crippen molar-refractivity contribution in [3.8, 4) is 5.69 Å². The average molecular weight is 417 g/mol. The number of rotatable bonds is 6. The molecule has 1 aliphatic heterocycles. The standard InChI is InChI=1S/C23H23N5O3/c1-3-27(4-2)23(31)18-14-24-28(17-8-6-5-7-9-17)21(18)26-22(30)15-10-11-19-16(12-15)13-20(29)25-19/h5-12,14H,3-4,13H2,1-2H3,(H,25,29)(H,26,30). The lowest BCUT2D eigenvalue weighted by Gasteiger charge is -2.19. The number of aromatic nitrogens is 2. The van der Waals surface area contributed by atoms with E-state index in [0.29, 0.717) is 35.7 Å². The van der Waals surface area contributed by atoms with E-state index in [2.05, 4.69) is 15.7 Å². The third-order valence-corrected chi connectivity index (χ3v) is 5.28. The Balaban J connectivity index is 1.71. The first-order valence-electron chi connectivity index (χ1n) is 10.2. The van der Waals surface area contributed by atoms with Crippen molar-refractivity contribution in [2.45, 2.75) is 20.3 Å². The molecule has 31 heavy (non-hydrogen) atoms. The van der Waals surface area contributed by atoms with Gasteiger partial charge >= 0.3 is 0 Å². The fourth-order valence-corrected chi connectivity index (χ4v) is 3.62. The van der Waals surface area contributed by atoms with Gasteiger partial charge in [-0.05, 0) is 49.7 Å². The molecule has 8 heteroatoms. The average Bonchev–Trinajstić information content (AvgIpc) is 3.36. The number of carbonyl (C=O) groups is 3. The van der Waals surface area contributed by atoms with Crippen LogP contribution in [0.15, 0.2) is 54.7 Å². The van der Waals surface area contributed by atoms with Crippen molar-refractivity contribution < 1.29 is 14.4 Å². The van der Waals surface area contributed by atoms with E-state index in [4.69, 9.17) is 0 Å². The molecule has 2 heterocycles. The van der Waals surface area contributed by atoms with Crippen molar-refractivity contribution in [1.82, 2.24) is 14.7 Å². The van der Waals surface area contributed by atoms with Crippen LogP contribution in [0.5, 0.6) is 0 Å². The molecular formula is C23H23N5O3. The summed E-state index contributed by atoms with van der Waals surface area (Å²) in [6.07, 6.45) is 1.72. The third-order valence-electron chi connectivity index (χ3n) is 5.28. The summed E-state index contributed by atoms with van der Waals surface area (Å²) in [5.74, 6) is -0.371. The second-order valence-electron chi connectivity index (χ2n) is 7.18. The summed E-state index contributed by atoms with van der Waals surface area (Å²) in [7, 11) is 0. The van der Waals surface area contributed by atoms with Gasteiger partial charge in [0.05, 0.1) is 18.3 Å². The summed E-state index contributed by atoms with van der Waals surface area (Å²) in [6.45, 7) is 4.90. The lowest BCUT2D eigenvalue weighted by atomic mass is 10.1. The Bertz CT molecular complexity index is 1150. The van der Waals surface area contributed by atoms with Crippen LogP contribution >= 0.6 is 0 Å². The van der Waals surface area contributed by atoms with E-state index in [9.17, 15) is 14.4 Å². The molecular weight excluding hydrogens is 394 g/mol. The Morgan fingerprint density at radius 3 is 2.58 bits per heavy atom. The van der Waals surface area contributed by atoms with E-state index in [1.807, 2.05) is 44.2 Å². The summed E-state index contributed by atoms with van der Waals surface area (Å²) in [6, 6.07) is 14.4. The second-order valence-corrected chi connectivity index (χ2v) is 7.18. The van der Waals surface area contributed by atoms with E-state index in [1.54, 1.807) is 27.8 Å². The molecule has 0 aliphatic carbocycles. The van der Waals surface area contributed by atoms with Crippen LogP contribution in [-0.4, -0.2) is 45.5 Å². The molecule has 0 spiro atoms. The maximum atomic E-state index is 13.1. The zero-order chi connectivity index (χ0) is 22.0. The van der Waals surface area contributed by atoms with Crippen molar-refractivity contribution in [1.29, 1.82) is 0 Å². The normalized spacial score (nSPS) is 12.3. The van der Waals surface area contributed by atoms with Gasteiger partial charge in [-0.3, -0.25) is 14.4 Å². The molecule has 3 amide bonds. The van der Waals surface area contributed by atoms with Gasteiger partial charge in [0.25, 0.3) is 11.8 Å². The summed E-state index contributed by atoms with van der Waals surface area (Å²) >= 11 is 0. The number of hydrogen-bond donors (Lipinski definition) is 2. The largest absolute Gasteiger partial charge is 0.339 e. The number of anilines is 2. The quantitative estimate of drug-likeness (QED) is 0.644. The van der Waals surface area contributed by atoms with Gasteiger partial charge in [-0.15, -0.1) is 0 Å². The first-order chi connectivity index (χ1) is 15.0. The molecule has 3 aromatic rings. The highest BCUT2D eigenvalue weighted by atomic mass is 16.2. The molecule has 4 rings (SSSR count). The zero-order valence-corrected chi connectivity index (χ0v) is 17.4. The predicted molar refractivity (Wildman–Crippen MR) is 118 cm³/mol. The Morgan fingerprint density at radius 2 is 1.87 bits per heavy atom. The highest BCUT2D eigenvalue weighted by Crippen LogP contribution is 2.26. The molecule has 0 fully saturated rings. The topological polar surface area (TPSA) is 96.3 Å². The smallest absolute Gasteiger partial charge is 0.259 e. The molecule has 1 aromatic heterocycles. The highest BCUT2D eigenvalue weighted by molar-refractivity contribution is 6.09. The SMILES string of the molecule is CCN(CC)C(=O)c1cnn(-c2ccccc2)c1NC(=O)c1ccc2c(c1)CC(=O)N2. The lowest BCUT2D eigenvalue weighted by molar-refractivity contribution is -0.115. The molecule has 1 aliphatic rings. The van der Waals surface area contributed by atoms with Crippen molar-refractivity contribution in [2.75, 3.05) is 23.7 Å². The molecule has 2 aromatic carbocycles. The molecule has 0 bridgehead atoms. The van der Waals surface area contributed by atoms with Crippen LogP contribution in [0.3, 0.4) is 0 Å². The monoisotopic (exact) mass is 417 g/mol. The molecule has 158 valence electrons. The fraction of sp³-hybridized carbons (Fsp3) is 0.217. The minimum absolute atomic E-state index is 0.0955. The van der Waals surface area contributed by atoms with Crippen LogP contribution in [-0.2, 0) is 11.2 Å². The number of amides is 3. The fourth-order valence-electron chi connectivity index (χ4n) is 3.62. The van der Waals surface area contributed by atoms with Crippen molar-refractivity contribution >= 4 is 29.2 Å². The van der Waals surface area contributed by atoms with Crippen LogP contribution in [0.2, 0.25) is 0 Å². The number of benzene rings is 2. The maximum absolute atomic E-state index is 13.1. The first-order valence-corrected chi connectivity index (χ1v) is 10.2. The van der Waals surface area contributed by atoms with Crippen molar-refractivity contribution in [3.63, 3.8) is 0 Å². The van der Waals surface area contributed by atoms with Gasteiger partial charge in [0.2, 0.25) is 5.91 Å². The second kappa shape index (κ2) is 8.43. The van der Waals surface area contributed by atoms with E-state index in [1.165, 1.54) is 6.20 Å². The van der Waals surface area contributed by atoms with Gasteiger partial charge in [0.15, 0.2) is 0 Å². The predicted octanol–water partition coefficient (Wildman–Crippen LogP) is 3.10. The number of nitrogens with one attached hydrogen (secondary N) is 2. The van der Waals surface area contributed by atoms with Gasteiger partial charge in [-0.25, -0.2) is 4.68 Å². The van der Waals surface area contributed by atoms with Gasteiger partial charge in [0, 0.05) is 24.3 Å². The molecule has 0 unspecified atom stereocenters. The van der Waals surface area contributed by atoms with Gasteiger partial charge in [-0.2, -0.15) is 5.10 Å². The minimum atomic E-state index is -0.381. The van der Waals surface area contributed by atoms with Crippen LogP contribution in [0.1, 0.15) is 40.1 Å². The van der Waals surface area contributed by atoms with Crippen LogP contribution in [0.4, 0.5) is 11.5 Å². The summed E-state index contributed by atoms with van der Waals surface area (Å²) in [5, 5.41) is 10.00. The number of fused-ring (bicyclic) bond motifs is 1. The lowest BCUT2D eigenvalue weighted by Crippen LogP contribution is -2.31. The summed E-state index contributed by atoms with van der Waals surface area (Å²) < 4.78 is 1.55. The molecule has 0 saturated heterocycles. The number of carbonyl (C=O) groups excluding carboxylic acids is 3. The van der Waals surface area contributed by atoms with Crippen molar-refractivity contribution in [2.24, 2.45) is 0 Å². The van der Waals surface area contributed by atoms with Crippen LogP contribution in [0, 0.1) is 0 Å². The van der Waals surface area contributed by atoms with Gasteiger partial charge < -0.3 is 15.5 Å². The van der Waals surface area contributed by atoms with E-state index in [-0.39, 0.29) is 24.1 Å². The molecule has 0 atom stereocenters. The van der Waals surface area contributed by atoms with Gasteiger partial charge in [-0.1, -0.05) is 18.2 Å². The third kappa shape index (κ3) is 3.92. The zero-order valence-electron chi connectivity index (χ0n) is 17.4. The summed E-state index contributed by atoms with van der Waals surface area (Å²) in [4.78, 5) is 39.4. The first kappa shape index (κ1) is 20.3. The van der Waals surface area contributed by atoms with Crippen LogP contribution < -0.4 is 10.6 Å². The van der Waals surface area contributed by atoms with E-state index >= 15 is 0 Å². The highest BCUT2D eigenvalue weighted by Gasteiger charge is 2.25. The molecule has 0 saturated carbocycles. The van der Waals surface area contributed by atoms with Crippen LogP contribution in [0.25, 0.3) is 5.69 Å². The Labute approximate surface area is 179 Å². The number of para-hydroxylation sites is 1. The number of hydrogen-bond acceptors (Lipinski definition) is 4. The molecule has 8 nitrogen and oxygen atoms in total. The van der Waals surface area contributed by atoms with Gasteiger partial charge in [0.1, 0.15) is 11.4 Å². The molecule has 0 radical (unpaired) electrons. The Kier molecular flexibility index (Phi) is 5.53. The van der Waals surface area contributed by atoms with E-state index in [0.717, 1.165) is 11.3 Å². The maximum Gasteiger partial charge on any atom is 0.259 e. The number of nitrogens with zero attached hydrogens (tertiary/aromatic N) is 3. The summed E-state index contributed by atoms with van der Waals surface area (Å²) in [5.41, 5.74) is 2.93. The van der Waals surface area contributed by atoms with E-state index < -0.39 is 0 Å². The minimum Gasteiger partial charge on any atom is -0.339 e. The van der Waals surface area contributed by atoms with Crippen molar-refractivity contribution in [3.05, 3.63) is 71.4 Å². The molecule has 2 N–H and O–H groups in total. The Hall–Kier alpha value is -3.94.